The number of para-hydroxylation sites is 2. The van der Waals surface area contributed by atoms with E-state index >= 15 is 0 Å². The molecule has 13 nitrogen and oxygen atoms in total. The molecule has 2 atom stereocenters. The first-order valence-electron chi connectivity index (χ1n) is 24.7. The Balaban J connectivity index is 1.56. The third-order valence-corrected chi connectivity index (χ3v) is 13.0. The fraction of sp³-hybridized carbons (Fsp3) is 0.536. The highest BCUT2D eigenvalue weighted by molar-refractivity contribution is 6.35. The van der Waals surface area contributed by atoms with Crippen molar-refractivity contribution in [3.8, 4) is 5.75 Å². The lowest BCUT2D eigenvalue weighted by Crippen LogP contribution is -2.47. The van der Waals surface area contributed by atoms with Gasteiger partial charge in [0.15, 0.2) is 5.75 Å². The van der Waals surface area contributed by atoms with Crippen molar-refractivity contribution in [2.24, 2.45) is 38.6 Å². The molecule has 13 heteroatoms. The lowest BCUT2D eigenvalue weighted by atomic mass is 9.84. The second-order valence-corrected chi connectivity index (χ2v) is 22.3. The molecule has 0 bridgehead atoms. The minimum absolute atomic E-state index is 0.101. The van der Waals surface area contributed by atoms with Crippen molar-refractivity contribution in [1.29, 1.82) is 0 Å². The monoisotopic (exact) mass is 950 g/mol. The fourth-order valence-electron chi connectivity index (χ4n) is 9.12. The molecule has 3 aromatic rings. The second kappa shape index (κ2) is 23.1. The molecule has 0 aliphatic carbocycles. The molecule has 4 N–H and O–H groups in total. The van der Waals surface area contributed by atoms with Crippen LogP contribution in [0.5, 0.6) is 5.75 Å². The number of amides is 3. The molecule has 0 aromatic heterocycles. The quantitative estimate of drug-likeness (QED) is 0.0718. The molecule has 0 saturated heterocycles. The zero-order chi connectivity index (χ0) is 50.9. The van der Waals surface area contributed by atoms with Crippen LogP contribution in [0, 0.1) is 33.5 Å². The molecule has 0 fully saturated rings. The predicted molar refractivity (Wildman–Crippen MR) is 277 cm³/mol. The van der Waals surface area contributed by atoms with Crippen LogP contribution in [0.15, 0.2) is 102 Å². The van der Waals surface area contributed by atoms with E-state index in [1.165, 1.54) is 5.01 Å². The number of allylic oxidation sites excluding steroid dienone is 2. The number of hydrogen-bond donors (Lipinski definition) is 4. The molecule has 2 unspecified atom stereocenters. The number of fused-ring (bicyclic) bond motifs is 1. The van der Waals surface area contributed by atoms with Crippen LogP contribution in [0.25, 0.3) is 0 Å². The van der Waals surface area contributed by atoms with Gasteiger partial charge in [-0.1, -0.05) is 93.0 Å². The van der Waals surface area contributed by atoms with Gasteiger partial charge in [0.2, 0.25) is 17.7 Å². The van der Waals surface area contributed by atoms with Gasteiger partial charge in [0.25, 0.3) is 5.91 Å². The summed E-state index contributed by atoms with van der Waals surface area (Å²) in [6.07, 6.45) is 8.75. The number of ether oxygens (including phenoxy) is 1. The molecular weight excluding hydrogens is 871 g/mol. The number of rotatable bonds is 22. The van der Waals surface area contributed by atoms with Gasteiger partial charge in [0, 0.05) is 36.6 Å². The Morgan fingerprint density at radius 3 is 1.64 bits per heavy atom. The van der Waals surface area contributed by atoms with Gasteiger partial charge in [0.1, 0.15) is 5.71 Å². The number of aliphatic hydroxyl groups is 4. The smallest absolute Gasteiger partial charge is 0.281 e. The highest BCUT2D eigenvalue weighted by Crippen LogP contribution is 2.40. The molecule has 0 saturated carbocycles. The van der Waals surface area contributed by atoms with Crippen molar-refractivity contribution in [1.82, 2.24) is 0 Å². The minimum atomic E-state index is -1.40. The first-order valence-corrected chi connectivity index (χ1v) is 24.7. The number of aliphatic hydroxyl groups excluding tert-OH is 4. The SMILES string of the molecule is CCCCN1/C(=C/C=C2\C(=O)N(c3ccc(N(CCC(C)CC(C)(C)C)C(=O)C(C)(CO)CO)cc3)N=C2c2ccc(N(CCC(C)CC(C)(C)C)C(=O)C(C)(CO)CO)cc2)Oc2ccccc21. The van der Waals surface area contributed by atoms with Gasteiger partial charge in [-0.3, -0.25) is 14.4 Å². The second-order valence-electron chi connectivity index (χ2n) is 22.3. The number of anilines is 4. The molecule has 3 amide bonds. The Morgan fingerprint density at radius 2 is 1.17 bits per heavy atom. The van der Waals surface area contributed by atoms with E-state index in [4.69, 9.17) is 9.84 Å². The van der Waals surface area contributed by atoms with Crippen LogP contribution in [0.3, 0.4) is 0 Å². The third kappa shape index (κ3) is 13.5. The average molecular weight is 950 g/mol. The Bertz CT molecular complexity index is 2320. The van der Waals surface area contributed by atoms with Crippen LogP contribution in [0.4, 0.5) is 22.7 Å². The average Bonchev–Trinajstić information content (AvgIpc) is 3.84. The van der Waals surface area contributed by atoms with Crippen LogP contribution in [-0.4, -0.2) is 89.9 Å². The lowest BCUT2D eigenvalue weighted by molar-refractivity contribution is -0.132. The highest BCUT2D eigenvalue weighted by atomic mass is 16.5. The van der Waals surface area contributed by atoms with Crippen LogP contribution >= 0.6 is 0 Å². The summed E-state index contributed by atoms with van der Waals surface area (Å²) in [5, 5.41) is 47.2. The van der Waals surface area contributed by atoms with Gasteiger partial charge in [-0.2, -0.15) is 10.1 Å². The third-order valence-electron chi connectivity index (χ3n) is 13.0. The van der Waals surface area contributed by atoms with Gasteiger partial charge >= 0.3 is 0 Å². The van der Waals surface area contributed by atoms with Gasteiger partial charge in [0.05, 0.1) is 54.2 Å². The van der Waals surface area contributed by atoms with Crippen molar-refractivity contribution < 1.29 is 39.5 Å². The molecule has 5 rings (SSSR count). The van der Waals surface area contributed by atoms with E-state index in [1.54, 1.807) is 72.2 Å². The summed E-state index contributed by atoms with van der Waals surface area (Å²) in [5.41, 5.74) is 1.26. The standard InChI is InChI=1S/C56H79N5O8/c1-12-13-30-60-46-16-14-15-17-47(46)69-48(60)27-26-45-49(41-18-20-42(21-19-41)58(51(67)55(10,35-62)36-63)31-28-39(2)33-53(4,5)6)57-61(50(45)66)44-24-22-43(23-25-44)59(52(68)56(11,37-64)38-65)32-29-40(3)34-54(7,8)9/h14-27,39-40,62-65H,12-13,28-38H2,1-11H3/b45-26-,48-27-. The number of unbranched alkanes of at least 4 members (excludes halogenated alkanes) is 1. The van der Waals surface area contributed by atoms with Crippen molar-refractivity contribution in [2.45, 2.75) is 115 Å². The molecular formula is C56H79N5O8. The molecule has 2 heterocycles. The Morgan fingerprint density at radius 1 is 0.696 bits per heavy atom. The molecule has 2 aliphatic rings. The molecule has 0 radical (unpaired) electrons. The maximum absolute atomic E-state index is 14.7. The summed E-state index contributed by atoms with van der Waals surface area (Å²) in [7, 11) is 0. The van der Waals surface area contributed by atoms with Crippen LogP contribution < -0.4 is 24.4 Å². The van der Waals surface area contributed by atoms with Gasteiger partial charge in [-0.05, 0) is 129 Å². The van der Waals surface area contributed by atoms with Crippen LogP contribution in [-0.2, 0) is 14.4 Å². The zero-order valence-electron chi connectivity index (χ0n) is 43.1. The first-order chi connectivity index (χ1) is 32.5. The summed E-state index contributed by atoms with van der Waals surface area (Å²) >= 11 is 0. The zero-order valence-corrected chi connectivity index (χ0v) is 43.1. The van der Waals surface area contributed by atoms with E-state index in [9.17, 15) is 34.8 Å². The van der Waals surface area contributed by atoms with Crippen molar-refractivity contribution in [3.63, 3.8) is 0 Å². The topological polar surface area (TPSA) is 167 Å². The number of nitrogens with zero attached hydrogens (tertiary/aromatic N) is 5. The fourth-order valence-corrected chi connectivity index (χ4v) is 9.12. The van der Waals surface area contributed by atoms with Crippen molar-refractivity contribution in [2.75, 3.05) is 65.8 Å². The molecule has 0 spiro atoms. The summed E-state index contributed by atoms with van der Waals surface area (Å²) in [6.45, 7) is 22.1. The van der Waals surface area contributed by atoms with E-state index in [1.807, 2.05) is 36.4 Å². The van der Waals surface area contributed by atoms with Crippen molar-refractivity contribution in [3.05, 3.63) is 102 Å². The first kappa shape index (κ1) is 54.6. The highest BCUT2D eigenvalue weighted by Gasteiger charge is 2.39. The lowest BCUT2D eigenvalue weighted by Gasteiger charge is -2.33. The van der Waals surface area contributed by atoms with Crippen LogP contribution in [0.2, 0.25) is 0 Å². The number of hydrazone groups is 1. The van der Waals surface area contributed by atoms with Gasteiger partial charge in [-0.15, -0.1) is 0 Å². The summed E-state index contributed by atoms with van der Waals surface area (Å²) in [4.78, 5) is 48.2. The molecule has 3 aromatic carbocycles. The molecule has 69 heavy (non-hydrogen) atoms. The molecule has 376 valence electrons. The number of hydrogen-bond acceptors (Lipinski definition) is 10. The Labute approximate surface area is 411 Å². The number of benzene rings is 3. The largest absolute Gasteiger partial charge is 0.439 e. The maximum Gasteiger partial charge on any atom is 0.281 e. The van der Waals surface area contributed by atoms with Crippen LogP contribution in [0.1, 0.15) is 120 Å². The maximum atomic E-state index is 14.7. The summed E-state index contributed by atoms with van der Waals surface area (Å²) in [5.74, 6) is 0.723. The normalized spacial score (nSPS) is 16.4. The van der Waals surface area contributed by atoms with E-state index < -0.39 is 49.1 Å². The van der Waals surface area contributed by atoms with E-state index in [0.29, 0.717) is 77.6 Å². The minimum Gasteiger partial charge on any atom is -0.439 e. The number of carbonyl (C=O) groups is 3. The van der Waals surface area contributed by atoms with E-state index in [2.05, 4.69) is 67.2 Å². The number of carbonyl (C=O) groups excluding carboxylic acids is 3. The van der Waals surface area contributed by atoms with Gasteiger partial charge in [-0.25, -0.2) is 0 Å². The predicted octanol–water partition coefficient (Wildman–Crippen LogP) is 9.48. The van der Waals surface area contributed by atoms with Crippen molar-refractivity contribution >= 4 is 46.2 Å². The summed E-state index contributed by atoms with van der Waals surface area (Å²) in [6, 6.07) is 22.1. The Kier molecular flexibility index (Phi) is 18.2. The molecule has 2 aliphatic heterocycles. The summed E-state index contributed by atoms with van der Waals surface area (Å²) < 4.78 is 6.33. The Hall–Kier alpha value is -5.34. The van der Waals surface area contributed by atoms with E-state index in [-0.39, 0.29) is 16.7 Å². The van der Waals surface area contributed by atoms with E-state index in [0.717, 1.165) is 43.7 Å². The van der Waals surface area contributed by atoms with Gasteiger partial charge < -0.3 is 39.9 Å².